The van der Waals surface area contributed by atoms with E-state index < -0.39 is 5.25 Å². The second-order valence-corrected chi connectivity index (χ2v) is 7.01. The Bertz CT molecular complexity index is 624. The standard InChI is InChI=1S/C14H16BrClN2O3S/c1-3-4-5-17-14-11(18(19)20)13(22-2)9-6-8(16)7-10(15)12(9)21-14/h6-7,13,17H,3-5H2,1-2H3. The number of hydrogen-bond donors (Lipinski definition) is 1. The molecule has 0 fully saturated rings. The second kappa shape index (κ2) is 7.57. The molecule has 1 aliphatic rings. The van der Waals surface area contributed by atoms with Gasteiger partial charge < -0.3 is 10.1 Å². The third-order valence-electron chi connectivity index (χ3n) is 3.25. The molecule has 0 radical (unpaired) electrons. The number of nitrogens with zero attached hydrogens (tertiary/aromatic N) is 1. The van der Waals surface area contributed by atoms with Gasteiger partial charge in [0, 0.05) is 17.1 Å². The normalized spacial score (nSPS) is 17.0. The lowest BCUT2D eigenvalue weighted by Gasteiger charge is -2.26. The van der Waals surface area contributed by atoms with E-state index in [0.717, 1.165) is 12.8 Å². The summed E-state index contributed by atoms with van der Waals surface area (Å²) in [7, 11) is 0. The number of unbranched alkanes of at least 4 members (excludes halogenated alkanes) is 1. The molecule has 120 valence electrons. The molecule has 0 spiro atoms. The number of halogens is 2. The van der Waals surface area contributed by atoms with Crippen molar-refractivity contribution in [3.63, 3.8) is 0 Å². The molecule has 8 heteroatoms. The first-order chi connectivity index (χ1) is 10.5. The van der Waals surface area contributed by atoms with Crippen LogP contribution in [0.5, 0.6) is 5.75 Å². The van der Waals surface area contributed by atoms with Gasteiger partial charge in [-0.2, -0.15) is 0 Å². The summed E-state index contributed by atoms with van der Waals surface area (Å²) < 4.78 is 6.46. The van der Waals surface area contributed by atoms with E-state index in [-0.39, 0.29) is 16.5 Å². The van der Waals surface area contributed by atoms with Crippen LogP contribution in [0.4, 0.5) is 0 Å². The Morgan fingerprint density at radius 3 is 2.86 bits per heavy atom. The van der Waals surface area contributed by atoms with Gasteiger partial charge in [0.15, 0.2) is 0 Å². The van der Waals surface area contributed by atoms with Gasteiger partial charge in [-0.05, 0) is 40.7 Å². The molecule has 5 nitrogen and oxygen atoms in total. The van der Waals surface area contributed by atoms with Gasteiger partial charge in [-0.3, -0.25) is 10.1 Å². The molecule has 1 aromatic rings. The van der Waals surface area contributed by atoms with Crippen molar-refractivity contribution in [2.45, 2.75) is 25.0 Å². The molecule has 1 aromatic carbocycles. The average Bonchev–Trinajstić information content (AvgIpc) is 2.46. The van der Waals surface area contributed by atoms with Crippen LogP contribution in [-0.4, -0.2) is 17.7 Å². The number of benzene rings is 1. The quantitative estimate of drug-likeness (QED) is 0.419. The topological polar surface area (TPSA) is 64.4 Å². The minimum atomic E-state index is -0.433. The maximum Gasteiger partial charge on any atom is 0.323 e. The van der Waals surface area contributed by atoms with E-state index in [4.69, 9.17) is 16.3 Å². The molecule has 0 aromatic heterocycles. The van der Waals surface area contributed by atoms with Crippen LogP contribution >= 0.6 is 39.3 Å². The SMILES string of the molecule is CCCCNC1=C([N+](=O)[O-])C(SC)c2cc(Cl)cc(Br)c2O1. The summed E-state index contributed by atoms with van der Waals surface area (Å²) in [6.07, 6.45) is 3.74. The fourth-order valence-electron chi connectivity index (χ4n) is 2.23. The van der Waals surface area contributed by atoms with Crippen LogP contribution in [0, 0.1) is 10.1 Å². The predicted molar refractivity (Wildman–Crippen MR) is 93.0 cm³/mol. The smallest absolute Gasteiger partial charge is 0.323 e. The molecule has 1 N–H and O–H groups in total. The summed E-state index contributed by atoms with van der Waals surface area (Å²) >= 11 is 10.9. The van der Waals surface area contributed by atoms with Crippen LogP contribution in [0.1, 0.15) is 30.6 Å². The fraction of sp³-hybridized carbons (Fsp3) is 0.429. The van der Waals surface area contributed by atoms with E-state index in [0.29, 0.717) is 27.4 Å². The van der Waals surface area contributed by atoms with E-state index in [1.807, 2.05) is 6.26 Å². The lowest BCUT2D eigenvalue weighted by Crippen LogP contribution is -2.29. The summed E-state index contributed by atoms with van der Waals surface area (Å²) in [5.41, 5.74) is 0.741. The maximum atomic E-state index is 11.5. The van der Waals surface area contributed by atoms with Crippen molar-refractivity contribution in [2.24, 2.45) is 0 Å². The van der Waals surface area contributed by atoms with Gasteiger partial charge in [0.1, 0.15) is 11.0 Å². The van der Waals surface area contributed by atoms with Crippen LogP contribution in [0.15, 0.2) is 28.2 Å². The van der Waals surface area contributed by atoms with E-state index in [2.05, 4.69) is 28.2 Å². The Kier molecular flexibility index (Phi) is 6.00. The predicted octanol–water partition coefficient (Wildman–Crippen LogP) is 4.73. The Balaban J connectivity index is 2.48. The van der Waals surface area contributed by atoms with Crippen LogP contribution in [-0.2, 0) is 0 Å². The number of nitrogens with one attached hydrogen (secondary N) is 1. The molecular formula is C14H16BrClN2O3S. The van der Waals surface area contributed by atoms with Gasteiger partial charge in [0.05, 0.1) is 9.40 Å². The largest absolute Gasteiger partial charge is 0.434 e. The number of rotatable bonds is 6. The van der Waals surface area contributed by atoms with Gasteiger partial charge in [-0.15, -0.1) is 11.8 Å². The molecule has 1 heterocycles. The molecule has 0 bridgehead atoms. The molecule has 1 aliphatic heterocycles. The second-order valence-electron chi connectivity index (χ2n) is 4.78. The zero-order chi connectivity index (χ0) is 16.3. The summed E-state index contributed by atoms with van der Waals surface area (Å²) in [5.74, 6) is 0.793. The van der Waals surface area contributed by atoms with Gasteiger partial charge in [-0.1, -0.05) is 24.9 Å². The lowest BCUT2D eigenvalue weighted by atomic mass is 10.1. The Morgan fingerprint density at radius 1 is 1.55 bits per heavy atom. The van der Waals surface area contributed by atoms with Crippen molar-refractivity contribution in [1.82, 2.24) is 5.32 Å². The van der Waals surface area contributed by atoms with E-state index in [1.54, 1.807) is 12.1 Å². The Hall–Kier alpha value is -0.920. The number of ether oxygens (including phenoxy) is 1. The molecular weight excluding hydrogens is 392 g/mol. The average molecular weight is 408 g/mol. The van der Waals surface area contributed by atoms with Gasteiger partial charge in [0.25, 0.3) is 5.88 Å². The highest BCUT2D eigenvalue weighted by atomic mass is 79.9. The Morgan fingerprint density at radius 2 is 2.27 bits per heavy atom. The summed E-state index contributed by atoms with van der Waals surface area (Å²) in [4.78, 5) is 11.1. The number of hydrogen-bond acceptors (Lipinski definition) is 5. The number of fused-ring (bicyclic) bond motifs is 1. The van der Waals surface area contributed by atoms with Crippen LogP contribution in [0.3, 0.4) is 0 Å². The van der Waals surface area contributed by atoms with Crippen LogP contribution < -0.4 is 10.1 Å². The fourth-order valence-corrected chi connectivity index (χ4v) is 3.99. The van der Waals surface area contributed by atoms with E-state index in [9.17, 15) is 10.1 Å². The molecule has 0 saturated carbocycles. The lowest BCUT2D eigenvalue weighted by molar-refractivity contribution is -0.431. The zero-order valence-corrected chi connectivity index (χ0v) is 15.3. The van der Waals surface area contributed by atoms with Gasteiger partial charge in [0.2, 0.25) is 0 Å². The maximum absolute atomic E-state index is 11.5. The van der Waals surface area contributed by atoms with E-state index >= 15 is 0 Å². The summed E-state index contributed by atoms with van der Waals surface area (Å²) in [6, 6.07) is 3.44. The first kappa shape index (κ1) is 17.4. The van der Waals surface area contributed by atoms with Crippen molar-refractivity contribution in [1.29, 1.82) is 0 Å². The third kappa shape index (κ3) is 3.52. The first-order valence-corrected chi connectivity index (χ1v) is 9.27. The molecule has 22 heavy (non-hydrogen) atoms. The first-order valence-electron chi connectivity index (χ1n) is 6.81. The van der Waals surface area contributed by atoms with Crippen molar-refractivity contribution in [2.75, 3.05) is 12.8 Å². The van der Waals surface area contributed by atoms with Gasteiger partial charge in [-0.25, -0.2) is 0 Å². The highest BCUT2D eigenvalue weighted by Crippen LogP contribution is 2.48. The number of thioether (sulfide) groups is 1. The van der Waals surface area contributed by atoms with Gasteiger partial charge >= 0.3 is 5.70 Å². The van der Waals surface area contributed by atoms with Crippen molar-refractivity contribution >= 4 is 39.3 Å². The van der Waals surface area contributed by atoms with Crippen molar-refractivity contribution < 1.29 is 9.66 Å². The zero-order valence-electron chi connectivity index (χ0n) is 12.2. The minimum absolute atomic E-state index is 0.0327. The van der Waals surface area contributed by atoms with Crippen LogP contribution in [0.2, 0.25) is 5.02 Å². The van der Waals surface area contributed by atoms with Crippen molar-refractivity contribution in [3.8, 4) is 5.75 Å². The van der Waals surface area contributed by atoms with Crippen molar-refractivity contribution in [3.05, 3.63) is 48.9 Å². The third-order valence-corrected chi connectivity index (χ3v) is 5.01. The molecule has 0 saturated heterocycles. The molecule has 0 amide bonds. The highest BCUT2D eigenvalue weighted by Gasteiger charge is 2.39. The highest BCUT2D eigenvalue weighted by molar-refractivity contribution is 9.10. The Labute approximate surface area is 146 Å². The molecule has 2 rings (SSSR count). The molecule has 1 unspecified atom stereocenters. The molecule has 0 aliphatic carbocycles. The summed E-state index contributed by atoms with van der Waals surface area (Å²) in [5, 5.41) is 14.6. The summed E-state index contributed by atoms with van der Waals surface area (Å²) in [6.45, 7) is 2.69. The van der Waals surface area contributed by atoms with E-state index in [1.165, 1.54) is 11.8 Å². The minimum Gasteiger partial charge on any atom is -0.434 e. The number of nitro groups is 1. The molecule has 1 atom stereocenters. The monoisotopic (exact) mass is 406 g/mol. The van der Waals surface area contributed by atoms with Crippen LogP contribution in [0.25, 0.3) is 0 Å².